The maximum atomic E-state index is 11.3. The molecular formula is C14H21N3O3. The molecule has 0 fully saturated rings. The molecule has 1 aromatic rings. The van der Waals surface area contributed by atoms with Crippen LogP contribution in [0.2, 0.25) is 0 Å². The van der Waals surface area contributed by atoms with Crippen molar-refractivity contribution >= 4 is 17.6 Å². The topological polar surface area (TPSA) is 110 Å². The maximum absolute atomic E-state index is 11.3. The number of primary amides is 1. The van der Waals surface area contributed by atoms with Crippen LogP contribution >= 0.6 is 0 Å². The molecule has 110 valence electrons. The van der Waals surface area contributed by atoms with Gasteiger partial charge in [-0.05, 0) is 17.5 Å². The summed E-state index contributed by atoms with van der Waals surface area (Å²) >= 11 is 0. The van der Waals surface area contributed by atoms with E-state index in [2.05, 4.69) is 0 Å². The molecule has 0 unspecified atom stereocenters. The summed E-state index contributed by atoms with van der Waals surface area (Å²) in [6, 6.07) is 4.96. The Morgan fingerprint density at radius 3 is 2.50 bits per heavy atom. The number of anilines is 1. The number of hydrogen-bond acceptors (Lipinski definition) is 4. The molecular weight excluding hydrogens is 258 g/mol. The van der Waals surface area contributed by atoms with E-state index >= 15 is 0 Å². The van der Waals surface area contributed by atoms with Gasteiger partial charge in [0.1, 0.15) is 0 Å². The van der Waals surface area contributed by atoms with Crippen molar-refractivity contribution < 1.29 is 14.7 Å². The second-order valence-corrected chi connectivity index (χ2v) is 5.22. The monoisotopic (exact) mass is 279 g/mol. The summed E-state index contributed by atoms with van der Waals surface area (Å²) in [7, 11) is 0. The van der Waals surface area contributed by atoms with Gasteiger partial charge in [-0.15, -0.1) is 0 Å². The quantitative estimate of drug-likeness (QED) is 0.643. The Labute approximate surface area is 118 Å². The van der Waals surface area contributed by atoms with Gasteiger partial charge in [-0.25, -0.2) is 4.79 Å². The SMILES string of the molecule is CC(C)CN(CC(N)=O)Cc1cccc(N)c1C(=O)O. The van der Waals surface area contributed by atoms with Crippen LogP contribution in [0.3, 0.4) is 0 Å². The van der Waals surface area contributed by atoms with Crippen molar-refractivity contribution in [2.75, 3.05) is 18.8 Å². The number of nitrogens with two attached hydrogens (primary N) is 2. The molecule has 1 amide bonds. The Morgan fingerprint density at radius 1 is 1.35 bits per heavy atom. The van der Waals surface area contributed by atoms with Crippen LogP contribution in [0.15, 0.2) is 18.2 Å². The highest BCUT2D eigenvalue weighted by atomic mass is 16.4. The van der Waals surface area contributed by atoms with Gasteiger partial charge in [-0.2, -0.15) is 0 Å². The first-order valence-corrected chi connectivity index (χ1v) is 6.42. The van der Waals surface area contributed by atoms with Crippen LogP contribution in [0.1, 0.15) is 29.8 Å². The Morgan fingerprint density at radius 2 is 2.00 bits per heavy atom. The second-order valence-electron chi connectivity index (χ2n) is 5.22. The van der Waals surface area contributed by atoms with Crippen molar-refractivity contribution in [3.8, 4) is 0 Å². The third kappa shape index (κ3) is 4.55. The highest BCUT2D eigenvalue weighted by molar-refractivity contribution is 5.95. The molecule has 0 aliphatic rings. The molecule has 0 saturated carbocycles. The molecule has 0 aliphatic carbocycles. The normalized spacial score (nSPS) is 11.0. The zero-order valence-electron chi connectivity index (χ0n) is 11.8. The zero-order valence-corrected chi connectivity index (χ0v) is 11.8. The van der Waals surface area contributed by atoms with E-state index in [-0.39, 0.29) is 17.8 Å². The average molecular weight is 279 g/mol. The summed E-state index contributed by atoms with van der Waals surface area (Å²) in [5, 5.41) is 9.23. The van der Waals surface area contributed by atoms with Gasteiger partial charge in [0.05, 0.1) is 12.1 Å². The second kappa shape index (κ2) is 6.91. The van der Waals surface area contributed by atoms with Crippen LogP contribution in [-0.2, 0) is 11.3 Å². The molecule has 0 atom stereocenters. The van der Waals surface area contributed by atoms with Gasteiger partial charge < -0.3 is 16.6 Å². The number of aromatic carboxylic acids is 1. The minimum absolute atomic E-state index is 0.0886. The molecule has 0 saturated heterocycles. The Balaban J connectivity index is 3.01. The van der Waals surface area contributed by atoms with Crippen molar-refractivity contribution in [1.29, 1.82) is 0 Å². The minimum atomic E-state index is -1.07. The van der Waals surface area contributed by atoms with E-state index in [4.69, 9.17) is 11.5 Å². The van der Waals surface area contributed by atoms with E-state index < -0.39 is 11.9 Å². The van der Waals surface area contributed by atoms with Crippen LogP contribution in [0, 0.1) is 5.92 Å². The predicted octanol–water partition coefficient (Wildman–Crippen LogP) is 0.910. The van der Waals surface area contributed by atoms with Crippen LogP contribution < -0.4 is 11.5 Å². The largest absolute Gasteiger partial charge is 0.478 e. The first kappa shape index (κ1) is 16.0. The van der Waals surface area contributed by atoms with E-state index in [9.17, 15) is 14.7 Å². The zero-order chi connectivity index (χ0) is 15.3. The molecule has 1 rings (SSSR count). The molecule has 0 aromatic heterocycles. The van der Waals surface area contributed by atoms with E-state index in [1.54, 1.807) is 18.2 Å². The fourth-order valence-corrected chi connectivity index (χ4v) is 2.18. The molecule has 0 bridgehead atoms. The van der Waals surface area contributed by atoms with Gasteiger partial charge in [-0.3, -0.25) is 9.69 Å². The van der Waals surface area contributed by atoms with Crippen molar-refractivity contribution in [1.82, 2.24) is 4.90 Å². The molecule has 5 N–H and O–H groups in total. The molecule has 0 aliphatic heterocycles. The van der Waals surface area contributed by atoms with Gasteiger partial charge >= 0.3 is 5.97 Å². The number of carboxylic acid groups (broad SMARTS) is 1. The number of amides is 1. The van der Waals surface area contributed by atoms with E-state index in [0.717, 1.165) is 0 Å². The fourth-order valence-electron chi connectivity index (χ4n) is 2.18. The summed E-state index contributed by atoms with van der Waals surface area (Å²) in [5.74, 6) is -1.17. The van der Waals surface area contributed by atoms with Crippen molar-refractivity contribution in [3.63, 3.8) is 0 Å². The number of benzene rings is 1. The van der Waals surface area contributed by atoms with Gasteiger partial charge in [0, 0.05) is 18.8 Å². The number of nitrogen functional groups attached to an aromatic ring is 1. The van der Waals surface area contributed by atoms with E-state index in [0.29, 0.717) is 24.6 Å². The third-order valence-corrected chi connectivity index (χ3v) is 2.79. The smallest absolute Gasteiger partial charge is 0.338 e. The third-order valence-electron chi connectivity index (χ3n) is 2.79. The lowest BCUT2D eigenvalue weighted by Gasteiger charge is -2.23. The summed E-state index contributed by atoms with van der Waals surface area (Å²) < 4.78 is 0. The Hall–Kier alpha value is -2.08. The molecule has 1 aromatic carbocycles. The highest BCUT2D eigenvalue weighted by Gasteiger charge is 2.17. The first-order chi connectivity index (χ1) is 9.31. The number of carbonyl (C=O) groups excluding carboxylic acids is 1. The standard InChI is InChI=1S/C14H21N3O3/c1-9(2)6-17(8-12(16)18)7-10-4-3-5-11(15)13(10)14(19)20/h3-5,9H,6-8,15H2,1-2H3,(H2,16,18)(H,19,20). The maximum Gasteiger partial charge on any atom is 0.338 e. The lowest BCUT2D eigenvalue weighted by atomic mass is 10.0. The summed E-state index contributed by atoms with van der Waals surface area (Å²) in [4.78, 5) is 24.2. The van der Waals surface area contributed by atoms with Crippen LogP contribution in [0.5, 0.6) is 0 Å². The van der Waals surface area contributed by atoms with Gasteiger partial charge in [0.15, 0.2) is 0 Å². The highest BCUT2D eigenvalue weighted by Crippen LogP contribution is 2.19. The summed E-state index contributed by atoms with van der Waals surface area (Å²) in [5.41, 5.74) is 11.8. The molecule has 6 heteroatoms. The molecule has 0 heterocycles. The van der Waals surface area contributed by atoms with Gasteiger partial charge in [-0.1, -0.05) is 26.0 Å². The Kier molecular flexibility index (Phi) is 5.52. The van der Waals surface area contributed by atoms with E-state index in [1.165, 1.54) is 0 Å². The van der Waals surface area contributed by atoms with Gasteiger partial charge in [0.25, 0.3) is 0 Å². The first-order valence-electron chi connectivity index (χ1n) is 6.42. The predicted molar refractivity (Wildman–Crippen MR) is 77.1 cm³/mol. The van der Waals surface area contributed by atoms with Crippen molar-refractivity contribution in [2.24, 2.45) is 11.7 Å². The lowest BCUT2D eigenvalue weighted by molar-refractivity contribution is -0.119. The lowest BCUT2D eigenvalue weighted by Crippen LogP contribution is -2.36. The average Bonchev–Trinajstić information content (AvgIpc) is 2.26. The Bertz CT molecular complexity index is 500. The number of rotatable bonds is 7. The van der Waals surface area contributed by atoms with Crippen molar-refractivity contribution in [2.45, 2.75) is 20.4 Å². The molecule has 6 nitrogen and oxygen atoms in total. The van der Waals surface area contributed by atoms with Gasteiger partial charge in [0.2, 0.25) is 5.91 Å². The van der Waals surface area contributed by atoms with Crippen LogP contribution in [0.25, 0.3) is 0 Å². The summed E-state index contributed by atoms with van der Waals surface area (Å²) in [6.45, 7) is 5.10. The van der Waals surface area contributed by atoms with Crippen molar-refractivity contribution in [3.05, 3.63) is 29.3 Å². The van der Waals surface area contributed by atoms with E-state index in [1.807, 2.05) is 18.7 Å². The summed E-state index contributed by atoms with van der Waals surface area (Å²) in [6.07, 6.45) is 0. The number of carboxylic acids is 1. The minimum Gasteiger partial charge on any atom is -0.478 e. The number of hydrogen-bond donors (Lipinski definition) is 3. The molecule has 0 radical (unpaired) electrons. The number of carbonyl (C=O) groups is 2. The molecule has 0 spiro atoms. The molecule has 20 heavy (non-hydrogen) atoms. The van der Waals surface area contributed by atoms with Crippen LogP contribution in [0.4, 0.5) is 5.69 Å². The fraction of sp³-hybridized carbons (Fsp3) is 0.429. The number of nitrogens with zero attached hydrogens (tertiary/aromatic N) is 1. The van der Waals surface area contributed by atoms with Crippen LogP contribution in [-0.4, -0.2) is 35.0 Å².